The largest absolute Gasteiger partial charge is 0.367 e. The predicted molar refractivity (Wildman–Crippen MR) is 34.2 cm³/mol. The lowest BCUT2D eigenvalue weighted by molar-refractivity contribution is 0.109. The van der Waals surface area contributed by atoms with Gasteiger partial charge in [0.2, 0.25) is 11.0 Å². The standard InChI is InChI=1S/C4H4N2O2S/c5-3-2(4(7)9)1-6-8-3/h1H,5H2,(H,7,9). The number of aromatic nitrogens is 1. The van der Waals surface area contributed by atoms with Crippen LogP contribution < -0.4 is 5.73 Å². The van der Waals surface area contributed by atoms with Crippen molar-refractivity contribution in [1.82, 2.24) is 5.16 Å². The van der Waals surface area contributed by atoms with Crippen molar-refractivity contribution in [3.05, 3.63) is 11.8 Å². The maximum Gasteiger partial charge on any atom is 0.233 e. The van der Waals surface area contributed by atoms with E-state index in [2.05, 4.69) is 22.3 Å². The lowest BCUT2D eigenvalue weighted by Crippen LogP contribution is -1.91. The number of hydrogen-bond donors (Lipinski definition) is 2. The Morgan fingerprint density at radius 2 is 2.56 bits per heavy atom. The van der Waals surface area contributed by atoms with Crippen LogP contribution in [0.2, 0.25) is 0 Å². The smallest absolute Gasteiger partial charge is 0.233 e. The first-order chi connectivity index (χ1) is 4.22. The third-order valence-electron chi connectivity index (χ3n) is 0.829. The fourth-order valence-corrected chi connectivity index (χ4v) is 0.577. The van der Waals surface area contributed by atoms with Crippen LogP contribution in [0.5, 0.6) is 0 Å². The predicted octanol–water partition coefficient (Wildman–Crippen LogP) is 0.327. The van der Waals surface area contributed by atoms with Crippen molar-refractivity contribution in [3.63, 3.8) is 0 Å². The first-order valence-electron chi connectivity index (χ1n) is 2.15. The molecule has 0 saturated carbocycles. The molecule has 9 heavy (non-hydrogen) atoms. The van der Waals surface area contributed by atoms with Crippen molar-refractivity contribution in [2.45, 2.75) is 0 Å². The minimum absolute atomic E-state index is 0.00926. The zero-order chi connectivity index (χ0) is 6.85. The van der Waals surface area contributed by atoms with Gasteiger partial charge in [-0.3, -0.25) is 4.79 Å². The van der Waals surface area contributed by atoms with Crippen molar-refractivity contribution in [2.75, 3.05) is 5.73 Å². The second kappa shape index (κ2) is 2.10. The number of rotatable bonds is 1. The Hall–Kier alpha value is -0.970. The highest BCUT2D eigenvalue weighted by molar-refractivity contribution is 7.97. The minimum atomic E-state index is -0.436. The number of nitrogen functional groups attached to an aromatic ring is 1. The van der Waals surface area contributed by atoms with Crippen LogP contribution in [0.25, 0.3) is 0 Å². The van der Waals surface area contributed by atoms with E-state index in [1.165, 1.54) is 6.20 Å². The van der Waals surface area contributed by atoms with Gasteiger partial charge in [0.05, 0.1) is 6.20 Å². The normalized spacial score (nSPS) is 9.44. The molecule has 0 bridgehead atoms. The lowest BCUT2D eigenvalue weighted by atomic mass is 10.4. The van der Waals surface area contributed by atoms with E-state index in [0.29, 0.717) is 0 Å². The molecule has 2 N–H and O–H groups in total. The number of hydrogen-bond acceptors (Lipinski definition) is 4. The number of nitrogens with two attached hydrogens (primary N) is 1. The van der Waals surface area contributed by atoms with Crippen LogP contribution in [-0.4, -0.2) is 10.3 Å². The zero-order valence-electron chi connectivity index (χ0n) is 4.37. The van der Waals surface area contributed by atoms with Gasteiger partial charge in [-0.1, -0.05) is 5.16 Å². The average molecular weight is 144 g/mol. The van der Waals surface area contributed by atoms with Gasteiger partial charge in [-0.05, 0) is 0 Å². The Morgan fingerprint density at radius 1 is 1.89 bits per heavy atom. The highest BCUT2D eigenvalue weighted by Gasteiger charge is 2.07. The molecule has 0 spiro atoms. The summed E-state index contributed by atoms with van der Waals surface area (Å²) >= 11 is 3.50. The molecule has 0 aromatic carbocycles. The highest BCUT2D eigenvalue weighted by Crippen LogP contribution is 2.11. The van der Waals surface area contributed by atoms with Crippen molar-refractivity contribution in [3.8, 4) is 0 Å². The van der Waals surface area contributed by atoms with E-state index >= 15 is 0 Å². The van der Waals surface area contributed by atoms with Crippen LogP contribution >= 0.6 is 12.6 Å². The van der Waals surface area contributed by atoms with Gasteiger partial charge in [-0.25, -0.2) is 0 Å². The summed E-state index contributed by atoms with van der Waals surface area (Å²) in [6.07, 6.45) is 1.23. The van der Waals surface area contributed by atoms with E-state index in [1.54, 1.807) is 0 Å². The summed E-state index contributed by atoms with van der Waals surface area (Å²) in [4.78, 5) is 10.4. The summed E-state index contributed by atoms with van der Waals surface area (Å²) in [5, 5.41) is 2.84. The van der Waals surface area contributed by atoms with Crippen molar-refractivity contribution in [2.24, 2.45) is 0 Å². The van der Waals surface area contributed by atoms with E-state index in [9.17, 15) is 4.79 Å². The highest BCUT2D eigenvalue weighted by atomic mass is 32.1. The molecule has 1 rings (SSSR count). The third kappa shape index (κ3) is 1.05. The van der Waals surface area contributed by atoms with Crippen LogP contribution in [0.3, 0.4) is 0 Å². The molecule has 0 amide bonds. The molecule has 0 aliphatic carbocycles. The molecule has 0 unspecified atom stereocenters. The Kier molecular flexibility index (Phi) is 1.44. The molecule has 0 saturated heterocycles. The lowest BCUT2D eigenvalue weighted by Gasteiger charge is -1.83. The van der Waals surface area contributed by atoms with Gasteiger partial charge < -0.3 is 10.3 Å². The van der Waals surface area contributed by atoms with Gasteiger partial charge in [-0.2, -0.15) is 0 Å². The number of carbonyl (C=O) groups excluding carboxylic acids is 1. The van der Waals surface area contributed by atoms with Crippen LogP contribution in [0.4, 0.5) is 5.88 Å². The van der Waals surface area contributed by atoms with Crippen LogP contribution in [0.15, 0.2) is 10.7 Å². The topological polar surface area (TPSA) is 69.1 Å². The van der Waals surface area contributed by atoms with Crippen LogP contribution in [-0.2, 0) is 0 Å². The van der Waals surface area contributed by atoms with Crippen LogP contribution in [0, 0.1) is 0 Å². The van der Waals surface area contributed by atoms with E-state index in [0.717, 1.165) is 0 Å². The molecule has 4 nitrogen and oxygen atoms in total. The molecule has 1 aromatic rings. The first kappa shape index (κ1) is 6.15. The molecule has 0 atom stereocenters. The maximum atomic E-state index is 10.4. The van der Waals surface area contributed by atoms with Gasteiger partial charge in [-0.15, -0.1) is 12.6 Å². The second-order valence-electron chi connectivity index (χ2n) is 1.41. The summed E-state index contributed by atoms with van der Waals surface area (Å²) < 4.78 is 4.38. The van der Waals surface area contributed by atoms with Crippen molar-refractivity contribution in [1.29, 1.82) is 0 Å². The molecule has 0 aliphatic rings. The fourth-order valence-electron chi connectivity index (χ4n) is 0.409. The van der Waals surface area contributed by atoms with Gasteiger partial charge in [0.1, 0.15) is 5.56 Å². The summed E-state index contributed by atoms with van der Waals surface area (Å²) in [6.45, 7) is 0. The molecule has 0 radical (unpaired) electrons. The van der Waals surface area contributed by atoms with E-state index < -0.39 is 5.12 Å². The molecular weight excluding hydrogens is 140 g/mol. The Labute approximate surface area is 56.4 Å². The molecular formula is C4H4N2O2S. The molecule has 1 aromatic heterocycles. The molecule has 5 heteroatoms. The van der Waals surface area contributed by atoms with Gasteiger partial charge in [0.25, 0.3) is 0 Å². The van der Waals surface area contributed by atoms with Gasteiger partial charge in [0, 0.05) is 0 Å². The zero-order valence-corrected chi connectivity index (χ0v) is 5.26. The summed E-state index contributed by atoms with van der Waals surface area (Å²) in [6, 6.07) is 0. The van der Waals surface area contributed by atoms with Crippen molar-refractivity contribution < 1.29 is 9.32 Å². The quantitative estimate of drug-likeness (QED) is 0.557. The van der Waals surface area contributed by atoms with Crippen molar-refractivity contribution >= 4 is 23.6 Å². The Bertz CT molecular complexity index is 232. The SMILES string of the molecule is Nc1oncc1C(=O)S. The van der Waals surface area contributed by atoms with Gasteiger partial charge >= 0.3 is 0 Å². The molecule has 1 heterocycles. The summed E-state index contributed by atoms with van der Waals surface area (Å²) in [5.41, 5.74) is 5.35. The summed E-state index contributed by atoms with van der Waals surface area (Å²) in [5.74, 6) is 0.00926. The number of anilines is 1. The van der Waals surface area contributed by atoms with E-state index in [-0.39, 0.29) is 11.4 Å². The monoisotopic (exact) mass is 144 g/mol. The Morgan fingerprint density at radius 3 is 2.78 bits per heavy atom. The molecule has 0 aliphatic heterocycles. The van der Waals surface area contributed by atoms with E-state index in [1.807, 2.05) is 0 Å². The average Bonchev–Trinajstić information content (AvgIpc) is 2.13. The van der Waals surface area contributed by atoms with E-state index in [4.69, 9.17) is 5.73 Å². The summed E-state index contributed by atoms with van der Waals surface area (Å²) in [7, 11) is 0. The van der Waals surface area contributed by atoms with Crippen LogP contribution in [0.1, 0.15) is 10.4 Å². The molecule has 48 valence electrons. The third-order valence-corrected chi connectivity index (χ3v) is 1.07. The molecule has 0 fully saturated rings. The maximum absolute atomic E-state index is 10.4. The fraction of sp³-hybridized carbons (Fsp3) is 0. The number of thiol groups is 1. The minimum Gasteiger partial charge on any atom is -0.367 e. The number of carbonyl (C=O) groups is 1. The number of nitrogens with zero attached hydrogens (tertiary/aromatic N) is 1. The van der Waals surface area contributed by atoms with Gasteiger partial charge in [0.15, 0.2) is 0 Å². The first-order valence-corrected chi connectivity index (χ1v) is 2.60. The Balaban J connectivity index is 3.08. The second-order valence-corrected chi connectivity index (χ2v) is 1.82.